The van der Waals surface area contributed by atoms with E-state index in [2.05, 4.69) is 0 Å². The van der Waals surface area contributed by atoms with Gasteiger partial charge in [0.2, 0.25) is 0 Å². The Morgan fingerprint density at radius 1 is 1.08 bits per heavy atom. The smallest absolute Gasteiger partial charge is 0.345 e. The highest BCUT2D eigenvalue weighted by molar-refractivity contribution is 7.21. The summed E-state index contributed by atoms with van der Waals surface area (Å²) >= 11 is 1.35. The lowest BCUT2D eigenvalue weighted by atomic mass is 10.0. The number of hydrogen-bond acceptors (Lipinski definition) is 6. The van der Waals surface area contributed by atoms with Crippen LogP contribution in [0.1, 0.15) is 22.5 Å². The number of para-hydroxylation sites is 1. The van der Waals surface area contributed by atoms with Crippen LogP contribution >= 0.6 is 11.3 Å². The Bertz CT molecular complexity index is 1050. The van der Waals surface area contributed by atoms with Gasteiger partial charge in [0.05, 0.1) is 28.2 Å². The number of hydrogen-bond donors (Lipinski definition) is 0. The number of nitrogens with zero attached hydrogens (tertiary/aromatic N) is 1. The van der Waals surface area contributed by atoms with E-state index in [9.17, 15) is 9.59 Å². The number of fused-ring (bicyclic) bond motifs is 3. The molecule has 4 heterocycles. The molecule has 5 rings (SSSR count). The molecule has 134 valence electrons. The van der Waals surface area contributed by atoms with Crippen LogP contribution in [0.5, 0.6) is 0 Å². The van der Waals surface area contributed by atoms with Crippen molar-refractivity contribution >= 4 is 38.3 Å². The molecule has 0 atom stereocenters. The fourth-order valence-electron chi connectivity index (χ4n) is 3.74. The highest BCUT2D eigenvalue weighted by atomic mass is 32.1. The van der Waals surface area contributed by atoms with Gasteiger partial charge in [0.25, 0.3) is 5.91 Å². The molecule has 0 aliphatic carbocycles. The summed E-state index contributed by atoms with van der Waals surface area (Å²) in [5, 5.41) is 1.32. The van der Waals surface area contributed by atoms with Crippen LogP contribution in [0.2, 0.25) is 0 Å². The molecule has 1 aromatic carbocycles. The second-order valence-corrected chi connectivity index (χ2v) is 7.69. The highest BCUT2D eigenvalue weighted by Crippen LogP contribution is 2.34. The minimum Gasteiger partial charge on any atom is -0.422 e. The van der Waals surface area contributed by atoms with Crippen molar-refractivity contribution in [3.8, 4) is 0 Å². The van der Waals surface area contributed by atoms with Crippen LogP contribution in [-0.2, 0) is 9.47 Å². The maximum atomic E-state index is 12.9. The molecule has 2 aliphatic heterocycles. The van der Waals surface area contributed by atoms with Crippen molar-refractivity contribution in [1.29, 1.82) is 0 Å². The van der Waals surface area contributed by atoms with E-state index in [1.807, 2.05) is 23.1 Å². The lowest BCUT2D eigenvalue weighted by molar-refractivity contribution is -0.181. The van der Waals surface area contributed by atoms with Crippen LogP contribution in [0.15, 0.2) is 39.5 Å². The molecule has 0 radical (unpaired) electrons. The maximum Gasteiger partial charge on any atom is 0.345 e. The van der Waals surface area contributed by atoms with Gasteiger partial charge in [-0.15, -0.1) is 11.3 Å². The summed E-state index contributed by atoms with van der Waals surface area (Å²) in [6, 6.07) is 9.06. The van der Waals surface area contributed by atoms with Crippen molar-refractivity contribution in [2.75, 3.05) is 26.3 Å². The minimum atomic E-state index is -0.506. The first kappa shape index (κ1) is 16.0. The lowest BCUT2D eigenvalue weighted by Crippen LogP contribution is -2.47. The Hall–Kier alpha value is -2.22. The largest absolute Gasteiger partial charge is 0.422 e. The second kappa shape index (κ2) is 5.90. The molecule has 7 heteroatoms. The SMILES string of the molecule is O=C(c1cc2c(=O)oc3ccccc3c2s1)N1CCC2(CC1)OCCO2. The third-order valence-electron chi connectivity index (χ3n) is 5.12. The molecule has 3 aromatic rings. The summed E-state index contributed by atoms with van der Waals surface area (Å²) in [5.74, 6) is -0.559. The van der Waals surface area contributed by atoms with E-state index in [0.717, 1.165) is 10.1 Å². The van der Waals surface area contributed by atoms with Gasteiger partial charge in [0.15, 0.2) is 5.79 Å². The van der Waals surface area contributed by atoms with Crippen molar-refractivity contribution in [2.45, 2.75) is 18.6 Å². The molecule has 6 nitrogen and oxygen atoms in total. The Morgan fingerprint density at radius 2 is 1.81 bits per heavy atom. The van der Waals surface area contributed by atoms with Crippen LogP contribution in [-0.4, -0.2) is 42.9 Å². The number of ether oxygens (including phenoxy) is 2. The molecular formula is C19H17NO5S. The monoisotopic (exact) mass is 371 g/mol. The molecule has 0 unspecified atom stereocenters. The van der Waals surface area contributed by atoms with Crippen molar-refractivity contribution in [2.24, 2.45) is 0 Å². The zero-order chi connectivity index (χ0) is 17.7. The van der Waals surface area contributed by atoms with E-state index in [1.54, 1.807) is 12.1 Å². The maximum absolute atomic E-state index is 12.9. The normalized spacial score (nSPS) is 19.6. The predicted molar refractivity (Wildman–Crippen MR) is 97.6 cm³/mol. The minimum absolute atomic E-state index is 0.0532. The Morgan fingerprint density at radius 3 is 2.58 bits per heavy atom. The molecule has 26 heavy (non-hydrogen) atoms. The molecule has 0 N–H and O–H groups in total. The molecule has 2 aromatic heterocycles. The van der Waals surface area contributed by atoms with Gasteiger partial charge in [-0.3, -0.25) is 4.79 Å². The molecule has 2 aliphatic rings. The van der Waals surface area contributed by atoms with Gasteiger partial charge >= 0.3 is 5.63 Å². The molecule has 0 bridgehead atoms. The van der Waals surface area contributed by atoms with Crippen molar-refractivity contribution in [3.05, 3.63) is 45.6 Å². The Balaban J connectivity index is 1.47. The van der Waals surface area contributed by atoms with Crippen LogP contribution in [0.25, 0.3) is 21.1 Å². The third-order valence-corrected chi connectivity index (χ3v) is 6.28. The first-order chi connectivity index (χ1) is 12.7. The van der Waals surface area contributed by atoms with E-state index >= 15 is 0 Å². The first-order valence-corrected chi connectivity index (χ1v) is 9.49. The summed E-state index contributed by atoms with van der Waals surface area (Å²) in [4.78, 5) is 27.6. The van der Waals surface area contributed by atoms with Gasteiger partial charge in [-0.1, -0.05) is 12.1 Å². The second-order valence-electron chi connectivity index (χ2n) is 6.64. The standard InChI is InChI=1S/C19H17NO5S/c21-17(20-7-5-19(6-8-20)23-9-10-24-19)15-11-13-16(26-15)12-3-1-2-4-14(12)25-18(13)22/h1-4,11H,5-10H2. The number of carbonyl (C=O) groups excluding carboxylic acids is 1. The fraction of sp³-hybridized carbons (Fsp3) is 0.368. The topological polar surface area (TPSA) is 69.0 Å². The number of thiophene rings is 1. The number of carbonyl (C=O) groups is 1. The van der Waals surface area contributed by atoms with Crippen LogP contribution < -0.4 is 5.63 Å². The Kier molecular flexibility index (Phi) is 3.63. The van der Waals surface area contributed by atoms with Crippen molar-refractivity contribution < 1.29 is 18.7 Å². The number of likely N-dealkylation sites (tertiary alicyclic amines) is 1. The highest BCUT2D eigenvalue weighted by Gasteiger charge is 2.41. The van der Waals surface area contributed by atoms with E-state index in [-0.39, 0.29) is 5.91 Å². The number of amides is 1. The molecule has 1 spiro atoms. The van der Waals surface area contributed by atoms with Crippen LogP contribution in [0.3, 0.4) is 0 Å². The van der Waals surface area contributed by atoms with E-state index in [1.165, 1.54) is 11.3 Å². The van der Waals surface area contributed by atoms with Crippen LogP contribution in [0, 0.1) is 0 Å². The van der Waals surface area contributed by atoms with Gasteiger partial charge in [0, 0.05) is 31.3 Å². The van der Waals surface area contributed by atoms with E-state index in [4.69, 9.17) is 13.9 Å². The summed E-state index contributed by atoms with van der Waals surface area (Å²) in [5.41, 5.74) is 0.139. The molecule has 0 saturated carbocycles. The van der Waals surface area contributed by atoms with Gasteiger partial charge < -0.3 is 18.8 Å². The third kappa shape index (κ3) is 2.46. The zero-order valence-electron chi connectivity index (χ0n) is 14.0. The zero-order valence-corrected chi connectivity index (χ0v) is 14.8. The average molecular weight is 371 g/mol. The quantitative estimate of drug-likeness (QED) is 0.615. The molecule has 2 saturated heterocycles. The summed E-state index contributed by atoms with van der Waals surface area (Å²) in [7, 11) is 0. The predicted octanol–water partition coefficient (Wildman–Crippen LogP) is 2.99. The summed E-state index contributed by atoms with van der Waals surface area (Å²) < 4.78 is 17.6. The fourth-order valence-corrected chi connectivity index (χ4v) is 4.88. The Labute approximate surface area is 152 Å². The average Bonchev–Trinajstić information content (AvgIpc) is 3.30. The van der Waals surface area contributed by atoms with Crippen molar-refractivity contribution in [3.63, 3.8) is 0 Å². The summed E-state index contributed by atoms with van der Waals surface area (Å²) in [6.07, 6.45) is 1.35. The lowest BCUT2D eigenvalue weighted by Gasteiger charge is -2.37. The van der Waals surface area contributed by atoms with Gasteiger partial charge in [0.1, 0.15) is 5.58 Å². The number of piperidine rings is 1. The van der Waals surface area contributed by atoms with Gasteiger partial charge in [-0.25, -0.2) is 4.79 Å². The van der Waals surface area contributed by atoms with E-state index in [0.29, 0.717) is 55.0 Å². The van der Waals surface area contributed by atoms with Gasteiger partial charge in [-0.2, -0.15) is 0 Å². The van der Waals surface area contributed by atoms with Crippen molar-refractivity contribution in [1.82, 2.24) is 4.90 Å². The number of rotatable bonds is 1. The molecule has 2 fully saturated rings. The van der Waals surface area contributed by atoms with E-state index < -0.39 is 11.4 Å². The van der Waals surface area contributed by atoms with Gasteiger partial charge in [-0.05, 0) is 18.2 Å². The number of benzene rings is 1. The molecule has 1 amide bonds. The summed E-state index contributed by atoms with van der Waals surface area (Å²) in [6.45, 7) is 2.41. The van der Waals surface area contributed by atoms with Crippen LogP contribution in [0.4, 0.5) is 0 Å². The molecular weight excluding hydrogens is 354 g/mol. The first-order valence-electron chi connectivity index (χ1n) is 8.68.